The number of benzene rings is 3. The lowest BCUT2D eigenvalue weighted by molar-refractivity contribution is 0.263. The number of hydrogen-bond acceptors (Lipinski definition) is 4. The molecule has 8 heteroatoms. The molecule has 3 aromatic rings. The van der Waals surface area contributed by atoms with E-state index in [2.05, 4.69) is 35.9 Å². The summed E-state index contributed by atoms with van der Waals surface area (Å²) in [6.45, 7) is 4.87. The predicted octanol–water partition coefficient (Wildman–Crippen LogP) is 10.4. The first kappa shape index (κ1) is 31.7. The van der Waals surface area contributed by atoms with Crippen LogP contribution in [0.4, 0.5) is 28.9 Å². The first-order chi connectivity index (χ1) is 19.9. The Hall–Kier alpha value is -3.86. The minimum atomic E-state index is -1.59. The Labute approximate surface area is 239 Å². The molecule has 0 saturated carbocycles. The summed E-state index contributed by atoms with van der Waals surface area (Å²) in [5.41, 5.74) is 0.549. The summed E-state index contributed by atoms with van der Waals surface area (Å²) in [5.74, 6) is -1.91. The molecule has 0 N–H and O–H groups in total. The fourth-order valence-electron chi connectivity index (χ4n) is 3.92. The van der Waals surface area contributed by atoms with E-state index in [0.717, 1.165) is 44.3 Å². The van der Waals surface area contributed by atoms with Crippen molar-refractivity contribution in [2.45, 2.75) is 71.6 Å². The molecule has 3 aromatic carbocycles. The van der Waals surface area contributed by atoms with Crippen LogP contribution in [0, 0.1) is 35.1 Å². The lowest BCUT2D eigenvalue weighted by atomic mass is 10.1. The summed E-state index contributed by atoms with van der Waals surface area (Å²) >= 11 is 0. The van der Waals surface area contributed by atoms with Gasteiger partial charge in [-0.3, -0.25) is 0 Å². The molecule has 0 aliphatic rings. The third kappa shape index (κ3) is 9.93. The lowest BCUT2D eigenvalue weighted by Crippen LogP contribution is -2.08. The van der Waals surface area contributed by atoms with Gasteiger partial charge in [-0.15, -0.1) is 0 Å². The molecule has 41 heavy (non-hydrogen) atoms. The minimum absolute atomic E-state index is 0.0376. The van der Waals surface area contributed by atoms with E-state index in [0.29, 0.717) is 30.0 Å². The average molecular weight is 569 g/mol. The molecule has 0 aromatic heterocycles. The van der Waals surface area contributed by atoms with Gasteiger partial charge in [0.15, 0.2) is 17.4 Å². The zero-order chi connectivity index (χ0) is 29.5. The topological polar surface area (TPSA) is 43.2 Å². The predicted molar refractivity (Wildman–Crippen MR) is 153 cm³/mol. The number of rotatable bonds is 15. The molecule has 0 spiro atoms. The van der Waals surface area contributed by atoms with Crippen LogP contribution in [0.15, 0.2) is 58.8 Å². The zero-order valence-electron chi connectivity index (χ0n) is 23.6. The monoisotopic (exact) mass is 568 g/mol. The molecular formula is C33H36F4N2O2. The van der Waals surface area contributed by atoms with Crippen LogP contribution in [0.1, 0.15) is 82.8 Å². The second kappa shape index (κ2) is 17.1. The SMILES string of the molecule is CCCCCCCOc1c(F)c(F)c(C#Cc2ccc(N=Nc3ccc(OCCCCCC)cc3)cc2)c(F)c1F. The van der Waals surface area contributed by atoms with Crippen molar-refractivity contribution < 1.29 is 27.0 Å². The number of ether oxygens (including phenoxy) is 2. The van der Waals surface area contributed by atoms with Gasteiger partial charge in [0.05, 0.1) is 24.6 Å². The van der Waals surface area contributed by atoms with Gasteiger partial charge in [-0.25, -0.2) is 8.78 Å². The van der Waals surface area contributed by atoms with Crippen LogP contribution in [0.3, 0.4) is 0 Å². The van der Waals surface area contributed by atoms with Crippen molar-refractivity contribution >= 4 is 11.4 Å². The molecule has 4 nitrogen and oxygen atoms in total. The molecule has 0 amide bonds. The fraction of sp³-hybridized carbons (Fsp3) is 0.394. The smallest absolute Gasteiger partial charge is 0.205 e. The van der Waals surface area contributed by atoms with Crippen molar-refractivity contribution in [3.05, 3.63) is 82.9 Å². The van der Waals surface area contributed by atoms with Gasteiger partial charge in [-0.05, 0) is 61.4 Å². The Morgan fingerprint density at radius 3 is 1.61 bits per heavy atom. The van der Waals surface area contributed by atoms with Crippen LogP contribution >= 0.6 is 0 Å². The third-order valence-electron chi connectivity index (χ3n) is 6.30. The second-order valence-corrected chi connectivity index (χ2v) is 9.62. The van der Waals surface area contributed by atoms with Gasteiger partial charge in [0.25, 0.3) is 0 Å². The summed E-state index contributed by atoms with van der Waals surface area (Å²) < 4.78 is 68.7. The van der Waals surface area contributed by atoms with Crippen molar-refractivity contribution in [1.29, 1.82) is 0 Å². The number of hydrogen-bond donors (Lipinski definition) is 0. The van der Waals surface area contributed by atoms with E-state index in [1.807, 2.05) is 12.1 Å². The van der Waals surface area contributed by atoms with Crippen LogP contribution in [0.25, 0.3) is 0 Å². The maximum absolute atomic E-state index is 14.5. The van der Waals surface area contributed by atoms with Crippen LogP contribution in [-0.4, -0.2) is 13.2 Å². The molecular weight excluding hydrogens is 532 g/mol. The number of nitrogens with zero attached hydrogens (tertiary/aromatic N) is 2. The van der Waals surface area contributed by atoms with Crippen molar-refractivity contribution in [2.24, 2.45) is 10.2 Å². The minimum Gasteiger partial charge on any atom is -0.494 e. The van der Waals surface area contributed by atoms with E-state index in [1.54, 1.807) is 36.4 Å². The quantitative estimate of drug-likeness (QED) is 0.0602. The third-order valence-corrected chi connectivity index (χ3v) is 6.30. The molecule has 0 radical (unpaired) electrons. The van der Waals surface area contributed by atoms with Crippen molar-refractivity contribution in [1.82, 2.24) is 0 Å². The summed E-state index contributed by atoms with van der Waals surface area (Å²) in [5, 5.41) is 8.36. The Balaban J connectivity index is 1.59. The van der Waals surface area contributed by atoms with Gasteiger partial charge >= 0.3 is 0 Å². The summed E-state index contributed by atoms with van der Waals surface area (Å²) in [6, 6.07) is 13.6. The van der Waals surface area contributed by atoms with Crippen LogP contribution in [0.2, 0.25) is 0 Å². The molecule has 0 atom stereocenters. The van der Waals surface area contributed by atoms with E-state index in [1.165, 1.54) is 12.8 Å². The molecule has 0 heterocycles. The van der Waals surface area contributed by atoms with E-state index in [-0.39, 0.29) is 6.61 Å². The summed E-state index contributed by atoms with van der Waals surface area (Å²) in [4.78, 5) is 0. The summed E-state index contributed by atoms with van der Waals surface area (Å²) in [6.07, 6.45) is 8.92. The van der Waals surface area contributed by atoms with Gasteiger partial charge in [0.1, 0.15) is 11.3 Å². The molecule has 0 bridgehead atoms. The summed E-state index contributed by atoms with van der Waals surface area (Å²) in [7, 11) is 0. The van der Waals surface area contributed by atoms with Crippen LogP contribution in [0.5, 0.6) is 11.5 Å². The maximum atomic E-state index is 14.5. The first-order valence-corrected chi connectivity index (χ1v) is 14.2. The standard InChI is InChI=1S/C33H36F4N2O2/c1-3-5-7-9-11-23-41-33-31(36)29(34)28(30(35)32(33)37)21-14-24-12-15-25(16-13-24)38-39-26-17-19-27(20-18-26)40-22-10-8-6-4-2/h12-13,15-20H,3-11,22-23H2,1-2H3. The largest absolute Gasteiger partial charge is 0.494 e. The van der Waals surface area contributed by atoms with Gasteiger partial charge in [0, 0.05) is 5.56 Å². The highest BCUT2D eigenvalue weighted by molar-refractivity contribution is 5.50. The Morgan fingerprint density at radius 1 is 0.561 bits per heavy atom. The average Bonchev–Trinajstić information content (AvgIpc) is 2.99. The molecule has 218 valence electrons. The molecule has 0 aliphatic carbocycles. The van der Waals surface area contributed by atoms with Crippen LogP contribution < -0.4 is 9.47 Å². The zero-order valence-corrected chi connectivity index (χ0v) is 23.6. The Kier molecular flexibility index (Phi) is 13.2. The van der Waals surface area contributed by atoms with E-state index in [4.69, 9.17) is 9.47 Å². The van der Waals surface area contributed by atoms with Gasteiger partial charge in [0.2, 0.25) is 11.6 Å². The number of halogens is 4. The highest BCUT2D eigenvalue weighted by Crippen LogP contribution is 2.30. The number of unbranched alkanes of at least 4 members (excludes halogenated alkanes) is 7. The van der Waals surface area contributed by atoms with Crippen molar-refractivity contribution in [2.75, 3.05) is 13.2 Å². The molecule has 0 fully saturated rings. The highest BCUT2D eigenvalue weighted by Gasteiger charge is 2.26. The second-order valence-electron chi connectivity index (χ2n) is 9.62. The van der Waals surface area contributed by atoms with Gasteiger partial charge < -0.3 is 9.47 Å². The van der Waals surface area contributed by atoms with Crippen LogP contribution in [-0.2, 0) is 0 Å². The Morgan fingerprint density at radius 2 is 1.05 bits per heavy atom. The van der Waals surface area contributed by atoms with Gasteiger partial charge in [-0.1, -0.05) is 70.6 Å². The van der Waals surface area contributed by atoms with Crippen molar-refractivity contribution in [3.63, 3.8) is 0 Å². The molecule has 0 unspecified atom stereocenters. The lowest BCUT2D eigenvalue weighted by Gasteiger charge is -2.11. The molecule has 3 rings (SSSR count). The van der Waals surface area contributed by atoms with Gasteiger partial charge in [-0.2, -0.15) is 19.0 Å². The Bertz CT molecular complexity index is 1300. The van der Waals surface area contributed by atoms with E-state index >= 15 is 0 Å². The first-order valence-electron chi connectivity index (χ1n) is 14.2. The number of azo groups is 1. The fourth-order valence-corrected chi connectivity index (χ4v) is 3.92. The molecule has 0 saturated heterocycles. The van der Waals surface area contributed by atoms with Crippen molar-refractivity contribution in [3.8, 4) is 23.3 Å². The maximum Gasteiger partial charge on any atom is 0.205 e. The normalized spacial score (nSPS) is 11.0. The van der Waals surface area contributed by atoms with E-state index < -0.39 is 34.6 Å². The highest BCUT2D eigenvalue weighted by atomic mass is 19.2. The molecule has 0 aliphatic heterocycles. The van der Waals surface area contributed by atoms with E-state index in [9.17, 15) is 17.6 Å².